The molecule has 0 radical (unpaired) electrons. The van der Waals surface area contributed by atoms with Gasteiger partial charge < -0.3 is 11.1 Å². The number of carbonyl (C=O) groups excluding carboxylic acids is 1. The summed E-state index contributed by atoms with van der Waals surface area (Å²) in [6.45, 7) is 2.66. The summed E-state index contributed by atoms with van der Waals surface area (Å²) in [6, 6.07) is 0. The molecule has 3 rings (SSSR count). The van der Waals surface area contributed by atoms with Crippen LogP contribution in [0.3, 0.4) is 0 Å². The van der Waals surface area contributed by atoms with Crippen molar-refractivity contribution in [3.8, 4) is 0 Å². The summed E-state index contributed by atoms with van der Waals surface area (Å²) in [5.41, 5.74) is 6.36. The third kappa shape index (κ3) is 2.51. The lowest BCUT2D eigenvalue weighted by Gasteiger charge is -2.15. The van der Waals surface area contributed by atoms with Crippen LogP contribution < -0.4 is 11.1 Å². The van der Waals surface area contributed by atoms with Gasteiger partial charge in [-0.15, -0.1) is 0 Å². The Kier molecular flexibility index (Phi) is 3.01. The van der Waals surface area contributed by atoms with Gasteiger partial charge in [0.25, 0.3) is 5.91 Å². The fourth-order valence-corrected chi connectivity index (χ4v) is 3.44. The predicted molar refractivity (Wildman–Crippen MR) is 72.5 cm³/mol. The minimum atomic E-state index is -0.00648. The second kappa shape index (κ2) is 4.53. The maximum atomic E-state index is 12.1. The molecule has 0 saturated heterocycles. The van der Waals surface area contributed by atoms with Crippen molar-refractivity contribution in [3.63, 3.8) is 0 Å². The molecule has 4 nitrogen and oxygen atoms in total. The lowest BCUT2D eigenvalue weighted by Crippen LogP contribution is -2.31. The number of hydrogen-bond donors (Lipinski definition) is 2. The second-order valence-corrected chi connectivity index (χ2v) is 6.55. The Morgan fingerprint density at radius 1 is 1.44 bits per heavy atom. The van der Waals surface area contributed by atoms with Gasteiger partial charge in [-0.25, -0.2) is 4.98 Å². The van der Waals surface area contributed by atoms with Crippen molar-refractivity contribution in [1.29, 1.82) is 0 Å². The Morgan fingerprint density at radius 2 is 2.06 bits per heavy atom. The van der Waals surface area contributed by atoms with Crippen molar-refractivity contribution < 1.29 is 4.79 Å². The van der Waals surface area contributed by atoms with Gasteiger partial charge >= 0.3 is 0 Å². The van der Waals surface area contributed by atoms with Gasteiger partial charge in [0.05, 0.1) is 5.69 Å². The zero-order chi connectivity index (χ0) is 12.7. The van der Waals surface area contributed by atoms with Gasteiger partial charge in [-0.1, -0.05) is 11.3 Å². The molecule has 2 saturated carbocycles. The van der Waals surface area contributed by atoms with Gasteiger partial charge in [0.15, 0.2) is 5.13 Å². The van der Waals surface area contributed by atoms with E-state index >= 15 is 0 Å². The molecule has 2 aliphatic rings. The van der Waals surface area contributed by atoms with E-state index in [0.717, 1.165) is 24.1 Å². The van der Waals surface area contributed by atoms with Crippen LogP contribution >= 0.6 is 11.3 Å². The topological polar surface area (TPSA) is 68.0 Å². The number of aryl methyl sites for hydroxylation is 1. The fraction of sp³-hybridized carbons (Fsp3) is 0.692. The van der Waals surface area contributed by atoms with Crippen molar-refractivity contribution in [1.82, 2.24) is 10.3 Å². The normalized spacial score (nSPS) is 19.2. The fourth-order valence-electron chi connectivity index (χ4n) is 2.69. The highest BCUT2D eigenvalue weighted by Crippen LogP contribution is 2.48. The number of nitrogens with two attached hydrogens (primary N) is 1. The molecule has 2 fully saturated rings. The van der Waals surface area contributed by atoms with Gasteiger partial charge in [0.2, 0.25) is 0 Å². The van der Waals surface area contributed by atoms with Crippen LogP contribution in [0.5, 0.6) is 0 Å². The molecule has 0 spiro atoms. The van der Waals surface area contributed by atoms with Crippen molar-refractivity contribution in [3.05, 3.63) is 10.6 Å². The highest BCUT2D eigenvalue weighted by Gasteiger charge is 2.41. The molecule has 1 aromatic heterocycles. The number of hydrogen-bond acceptors (Lipinski definition) is 4. The minimum Gasteiger partial charge on any atom is -0.375 e. The Bertz CT molecular complexity index is 451. The molecule has 0 unspecified atom stereocenters. The van der Waals surface area contributed by atoms with Crippen LogP contribution in [0.2, 0.25) is 0 Å². The molecule has 1 heterocycles. The first-order valence-electron chi connectivity index (χ1n) is 6.66. The van der Waals surface area contributed by atoms with Crippen LogP contribution in [0.25, 0.3) is 0 Å². The summed E-state index contributed by atoms with van der Waals surface area (Å²) in [7, 11) is 0. The van der Waals surface area contributed by atoms with E-state index in [4.69, 9.17) is 5.73 Å². The van der Waals surface area contributed by atoms with Gasteiger partial charge in [0, 0.05) is 6.54 Å². The molecule has 98 valence electrons. The number of nitrogens with one attached hydrogen (secondary N) is 1. The average Bonchev–Trinajstić information content (AvgIpc) is 3.19. The zero-order valence-electron chi connectivity index (χ0n) is 10.6. The first-order chi connectivity index (χ1) is 8.65. The van der Waals surface area contributed by atoms with Crippen LogP contribution in [0.15, 0.2) is 0 Å². The van der Waals surface area contributed by atoms with Crippen molar-refractivity contribution >= 4 is 22.4 Å². The average molecular weight is 265 g/mol. The van der Waals surface area contributed by atoms with E-state index in [9.17, 15) is 4.79 Å². The van der Waals surface area contributed by atoms with Gasteiger partial charge in [-0.2, -0.15) is 0 Å². The van der Waals surface area contributed by atoms with Gasteiger partial charge in [0.1, 0.15) is 4.88 Å². The number of aromatic nitrogens is 1. The number of nitrogen functional groups attached to an aromatic ring is 1. The molecule has 0 atom stereocenters. The molecular formula is C13H19N3OS. The SMILES string of the molecule is Cc1nc(N)sc1C(=O)NCC(C1CC1)C1CC1. The van der Waals surface area contributed by atoms with Crippen LogP contribution in [0.4, 0.5) is 5.13 Å². The van der Waals surface area contributed by atoms with Crippen LogP contribution in [0, 0.1) is 24.7 Å². The van der Waals surface area contributed by atoms with Crippen LogP contribution in [0.1, 0.15) is 41.0 Å². The molecule has 5 heteroatoms. The molecule has 18 heavy (non-hydrogen) atoms. The first-order valence-corrected chi connectivity index (χ1v) is 7.48. The number of carbonyl (C=O) groups is 1. The Labute approximate surface area is 111 Å². The maximum absolute atomic E-state index is 12.1. The van der Waals surface area contributed by atoms with Crippen molar-refractivity contribution in [2.45, 2.75) is 32.6 Å². The van der Waals surface area contributed by atoms with E-state index in [2.05, 4.69) is 10.3 Å². The van der Waals surface area contributed by atoms with Gasteiger partial charge in [-0.3, -0.25) is 4.79 Å². The van der Waals surface area contributed by atoms with Gasteiger partial charge in [-0.05, 0) is 50.4 Å². The summed E-state index contributed by atoms with van der Waals surface area (Å²) in [4.78, 5) is 16.8. The van der Waals surface area contributed by atoms with Crippen molar-refractivity contribution in [2.75, 3.05) is 12.3 Å². The summed E-state index contributed by atoms with van der Waals surface area (Å²) in [6.07, 6.45) is 5.40. The number of anilines is 1. The zero-order valence-corrected chi connectivity index (χ0v) is 11.4. The molecule has 0 aliphatic heterocycles. The number of amides is 1. The number of thiazole rings is 1. The Morgan fingerprint density at radius 3 is 2.50 bits per heavy atom. The van der Waals surface area contributed by atoms with E-state index in [1.807, 2.05) is 6.92 Å². The maximum Gasteiger partial charge on any atom is 0.263 e. The predicted octanol–water partition coefficient (Wildman–Crippen LogP) is 2.20. The van der Waals surface area contributed by atoms with E-state index in [1.54, 1.807) is 0 Å². The van der Waals surface area contributed by atoms with E-state index in [0.29, 0.717) is 15.9 Å². The second-order valence-electron chi connectivity index (χ2n) is 5.52. The quantitative estimate of drug-likeness (QED) is 0.857. The molecule has 0 aromatic carbocycles. The number of nitrogens with zero attached hydrogens (tertiary/aromatic N) is 1. The molecule has 0 bridgehead atoms. The molecular weight excluding hydrogens is 246 g/mol. The van der Waals surface area contributed by atoms with Crippen molar-refractivity contribution in [2.24, 2.45) is 17.8 Å². The third-order valence-electron chi connectivity index (χ3n) is 3.97. The summed E-state index contributed by atoms with van der Waals surface area (Å²) in [5.74, 6) is 2.43. The van der Waals surface area contributed by atoms with E-state index in [-0.39, 0.29) is 5.91 Å². The van der Waals surface area contributed by atoms with E-state index < -0.39 is 0 Å². The highest BCUT2D eigenvalue weighted by molar-refractivity contribution is 7.17. The minimum absolute atomic E-state index is 0.00648. The van der Waals surface area contributed by atoms with Crippen LogP contribution in [-0.4, -0.2) is 17.4 Å². The van der Waals surface area contributed by atoms with Crippen LogP contribution in [-0.2, 0) is 0 Å². The van der Waals surface area contributed by atoms with E-state index in [1.165, 1.54) is 37.0 Å². The summed E-state index contributed by atoms with van der Waals surface area (Å²) in [5, 5.41) is 3.54. The standard InChI is InChI=1S/C13H19N3OS/c1-7-11(18-13(14)16-7)12(17)15-6-10(8-2-3-8)9-4-5-9/h8-10H,2-6H2,1H3,(H2,14,16)(H,15,17). The third-order valence-corrected chi connectivity index (χ3v) is 4.96. The monoisotopic (exact) mass is 265 g/mol. The Balaban J connectivity index is 1.58. The Hall–Kier alpha value is -1.10. The smallest absolute Gasteiger partial charge is 0.263 e. The number of rotatable bonds is 5. The summed E-state index contributed by atoms with van der Waals surface area (Å²) >= 11 is 1.28. The first kappa shape index (κ1) is 12.0. The lowest BCUT2D eigenvalue weighted by atomic mass is 9.98. The molecule has 2 aliphatic carbocycles. The molecule has 1 aromatic rings. The summed E-state index contributed by atoms with van der Waals surface area (Å²) < 4.78 is 0. The largest absolute Gasteiger partial charge is 0.375 e. The highest BCUT2D eigenvalue weighted by atomic mass is 32.1. The molecule has 3 N–H and O–H groups in total. The lowest BCUT2D eigenvalue weighted by molar-refractivity contribution is 0.0946. The molecule has 1 amide bonds.